The van der Waals surface area contributed by atoms with Crippen LogP contribution in [0.3, 0.4) is 0 Å². The van der Waals surface area contributed by atoms with Gasteiger partial charge in [0.25, 0.3) is 0 Å². The van der Waals surface area contributed by atoms with Gasteiger partial charge < -0.3 is 10.6 Å². The van der Waals surface area contributed by atoms with Crippen molar-refractivity contribution in [2.75, 3.05) is 11.1 Å². The first-order chi connectivity index (χ1) is 8.45. The van der Waals surface area contributed by atoms with Crippen molar-refractivity contribution in [2.45, 2.75) is 13.0 Å². The van der Waals surface area contributed by atoms with Crippen LogP contribution >= 0.6 is 12.6 Å². The van der Waals surface area contributed by atoms with Gasteiger partial charge in [0.1, 0.15) is 23.4 Å². The third kappa shape index (κ3) is 3.69. The summed E-state index contributed by atoms with van der Waals surface area (Å²) >= 11 is 3.88. The first-order valence-corrected chi connectivity index (χ1v) is 5.71. The van der Waals surface area contributed by atoms with Crippen LogP contribution in [0.1, 0.15) is 6.92 Å². The van der Waals surface area contributed by atoms with Crippen LogP contribution in [0.4, 0.5) is 14.5 Å². The van der Waals surface area contributed by atoms with Crippen LogP contribution in [0.5, 0.6) is 0 Å². The lowest BCUT2D eigenvalue weighted by Crippen LogP contribution is -2.44. The molecule has 4 nitrogen and oxygen atoms in total. The molecule has 1 unspecified atom stereocenters. The maximum atomic E-state index is 13.3. The lowest BCUT2D eigenvalue weighted by atomic mass is 10.2. The Morgan fingerprint density at radius 2 is 1.89 bits per heavy atom. The summed E-state index contributed by atoms with van der Waals surface area (Å²) in [6, 6.07) is 2.27. The quantitative estimate of drug-likeness (QED) is 0.726. The van der Waals surface area contributed by atoms with Gasteiger partial charge in [0.2, 0.25) is 11.8 Å². The minimum absolute atomic E-state index is 0.0154. The number of halogens is 2. The van der Waals surface area contributed by atoms with E-state index in [1.54, 1.807) is 0 Å². The van der Waals surface area contributed by atoms with Crippen LogP contribution in [-0.4, -0.2) is 23.6 Å². The number of carbonyl (C=O) groups excluding carboxylic acids is 2. The Morgan fingerprint density at radius 3 is 2.33 bits per heavy atom. The maximum Gasteiger partial charge on any atom is 0.247 e. The summed E-state index contributed by atoms with van der Waals surface area (Å²) in [4.78, 5) is 22.5. The summed E-state index contributed by atoms with van der Waals surface area (Å²) in [6.07, 6.45) is 0. The van der Waals surface area contributed by atoms with Crippen molar-refractivity contribution >= 4 is 30.1 Å². The van der Waals surface area contributed by atoms with Crippen molar-refractivity contribution in [3.8, 4) is 0 Å². The molecule has 1 aromatic carbocycles. The number of hydrogen-bond acceptors (Lipinski definition) is 3. The number of hydrogen-bond donors (Lipinski definition) is 3. The molecule has 18 heavy (non-hydrogen) atoms. The summed E-state index contributed by atoms with van der Waals surface area (Å²) in [7, 11) is 0. The second kappa shape index (κ2) is 6.34. The molecule has 2 amide bonds. The van der Waals surface area contributed by atoms with Crippen LogP contribution in [0.2, 0.25) is 0 Å². The molecule has 0 heterocycles. The van der Waals surface area contributed by atoms with Crippen LogP contribution in [0.15, 0.2) is 18.2 Å². The third-order valence-electron chi connectivity index (χ3n) is 2.09. The number of benzene rings is 1. The fourth-order valence-electron chi connectivity index (χ4n) is 1.27. The highest BCUT2D eigenvalue weighted by atomic mass is 32.1. The highest BCUT2D eigenvalue weighted by molar-refractivity contribution is 7.80. The molecule has 0 fully saturated rings. The van der Waals surface area contributed by atoms with Gasteiger partial charge in [-0.3, -0.25) is 9.59 Å². The van der Waals surface area contributed by atoms with Crippen molar-refractivity contribution in [2.24, 2.45) is 0 Å². The molecule has 0 aliphatic carbocycles. The van der Waals surface area contributed by atoms with Gasteiger partial charge >= 0.3 is 0 Å². The normalized spacial score (nSPS) is 11.8. The van der Waals surface area contributed by atoms with E-state index in [9.17, 15) is 18.4 Å². The van der Waals surface area contributed by atoms with E-state index < -0.39 is 35.2 Å². The highest BCUT2D eigenvalue weighted by Gasteiger charge is 2.20. The SMILES string of the molecule is CC(=O)NC(CS)C(=O)Nc1c(F)cccc1F. The average molecular weight is 274 g/mol. The topological polar surface area (TPSA) is 58.2 Å². The fraction of sp³-hybridized carbons (Fsp3) is 0.273. The molecule has 0 aliphatic rings. The lowest BCUT2D eigenvalue weighted by Gasteiger charge is -2.15. The Kier molecular flexibility index (Phi) is 5.08. The molecule has 0 aromatic heterocycles. The van der Waals surface area contributed by atoms with Crippen LogP contribution in [0.25, 0.3) is 0 Å². The fourth-order valence-corrected chi connectivity index (χ4v) is 1.52. The standard InChI is InChI=1S/C11H12F2N2O2S/c1-6(16)14-9(5-18)11(17)15-10-7(12)3-2-4-8(10)13/h2-4,9,18H,5H2,1H3,(H,14,16)(H,15,17). The van der Waals surface area contributed by atoms with Gasteiger partial charge in [-0.25, -0.2) is 8.78 Å². The van der Waals surface area contributed by atoms with Gasteiger partial charge in [-0.2, -0.15) is 12.6 Å². The van der Waals surface area contributed by atoms with E-state index in [2.05, 4.69) is 23.3 Å². The number of thiol groups is 1. The Hall–Kier alpha value is -1.63. The van der Waals surface area contributed by atoms with Crippen LogP contribution in [0, 0.1) is 11.6 Å². The first-order valence-electron chi connectivity index (χ1n) is 5.08. The van der Waals surface area contributed by atoms with E-state index in [0.29, 0.717) is 0 Å². The number of anilines is 1. The van der Waals surface area contributed by atoms with Gasteiger partial charge in [0, 0.05) is 12.7 Å². The number of amides is 2. The van der Waals surface area contributed by atoms with E-state index in [4.69, 9.17) is 0 Å². The minimum Gasteiger partial charge on any atom is -0.344 e. The second-order valence-corrected chi connectivity index (χ2v) is 3.89. The summed E-state index contributed by atoms with van der Waals surface area (Å²) in [5.74, 6) is -2.92. The number of nitrogens with one attached hydrogen (secondary N) is 2. The molecule has 1 aromatic rings. The summed E-state index contributed by atoms with van der Waals surface area (Å²) in [6.45, 7) is 1.23. The zero-order chi connectivity index (χ0) is 13.7. The zero-order valence-electron chi connectivity index (χ0n) is 9.54. The van der Waals surface area contributed by atoms with Crippen molar-refractivity contribution < 1.29 is 18.4 Å². The van der Waals surface area contributed by atoms with E-state index in [0.717, 1.165) is 12.1 Å². The molecule has 7 heteroatoms. The predicted molar refractivity (Wildman–Crippen MR) is 66.4 cm³/mol. The van der Waals surface area contributed by atoms with Crippen molar-refractivity contribution in [1.29, 1.82) is 0 Å². The molecular formula is C11H12F2N2O2S. The summed E-state index contributed by atoms with van der Waals surface area (Å²) < 4.78 is 26.6. The maximum absolute atomic E-state index is 13.3. The molecule has 98 valence electrons. The number of carbonyl (C=O) groups is 2. The molecule has 1 rings (SSSR count). The number of rotatable bonds is 4. The molecule has 0 saturated carbocycles. The molecule has 0 radical (unpaired) electrons. The van der Waals surface area contributed by atoms with Crippen LogP contribution in [-0.2, 0) is 9.59 Å². The minimum atomic E-state index is -0.954. The lowest BCUT2D eigenvalue weighted by molar-refractivity contribution is -0.124. The first kappa shape index (κ1) is 14.4. The predicted octanol–water partition coefficient (Wildman–Crippen LogP) is 1.34. The molecule has 0 aliphatic heterocycles. The molecule has 0 saturated heterocycles. The van der Waals surface area contributed by atoms with Gasteiger partial charge in [-0.05, 0) is 12.1 Å². The van der Waals surface area contributed by atoms with Crippen LogP contribution < -0.4 is 10.6 Å². The second-order valence-electron chi connectivity index (χ2n) is 3.52. The molecule has 1 atom stereocenters. The molecule has 0 spiro atoms. The van der Waals surface area contributed by atoms with Crippen molar-refractivity contribution in [1.82, 2.24) is 5.32 Å². The summed E-state index contributed by atoms with van der Waals surface area (Å²) in [5.41, 5.74) is -0.542. The highest BCUT2D eigenvalue weighted by Crippen LogP contribution is 2.18. The molecule has 2 N–H and O–H groups in total. The Morgan fingerprint density at radius 1 is 1.33 bits per heavy atom. The Bertz CT molecular complexity index is 448. The number of para-hydroxylation sites is 1. The third-order valence-corrected chi connectivity index (χ3v) is 2.45. The monoisotopic (exact) mass is 274 g/mol. The van der Waals surface area contributed by atoms with Gasteiger partial charge in [0.15, 0.2) is 0 Å². The van der Waals surface area contributed by atoms with E-state index in [1.807, 2.05) is 0 Å². The van der Waals surface area contributed by atoms with Crippen molar-refractivity contribution in [3.63, 3.8) is 0 Å². The van der Waals surface area contributed by atoms with Gasteiger partial charge in [0.05, 0.1) is 0 Å². The van der Waals surface area contributed by atoms with E-state index >= 15 is 0 Å². The van der Waals surface area contributed by atoms with Gasteiger partial charge in [-0.15, -0.1) is 0 Å². The van der Waals surface area contributed by atoms with Crippen molar-refractivity contribution in [3.05, 3.63) is 29.8 Å². The zero-order valence-corrected chi connectivity index (χ0v) is 10.4. The van der Waals surface area contributed by atoms with E-state index in [1.165, 1.54) is 13.0 Å². The molecular weight excluding hydrogens is 262 g/mol. The smallest absolute Gasteiger partial charge is 0.247 e. The summed E-state index contributed by atoms with van der Waals surface area (Å²) in [5, 5.41) is 4.40. The van der Waals surface area contributed by atoms with Gasteiger partial charge in [-0.1, -0.05) is 6.07 Å². The Labute approximate surface area is 108 Å². The molecule has 0 bridgehead atoms. The Balaban J connectivity index is 2.83. The van der Waals surface area contributed by atoms with E-state index in [-0.39, 0.29) is 5.75 Å². The largest absolute Gasteiger partial charge is 0.344 e. The average Bonchev–Trinajstić information content (AvgIpc) is 2.30.